The Hall–Kier alpha value is -1.76. The Bertz CT molecular complexity index is 392. The third-order valence-corrected chi connectivity index (χ3v) is 1.99. The average molecular weight is 215 g/mol. The summed E-state index contributed by atoms with van der Waals surface area (Å²) < 4.78 is -0.644. The summed E-state index contributed by atoms with van der Waals surface area (Å²) in [5.74, 6) is -1.76. The Morgan fingerprint density at radius 2 is 2.14 bits per heavy atom. The van der Waals surface area contributed by atoms with Gasteiger partial charge in [-0.1, -0.05) is 0 Å². The molecule has 7 heteroatoms. The van der Waals surface area contributed by atoms with Crippen LogP contribution in [0.4, 0.5) is 0 Å². The molecule has 0 bridgehead atoms. The number of nitro groups is 1. The maximum Gasteiger partial charge on any atom is 0.339 e. The third-order valence-electron chi connectivity index (χ3n) is 1.38. The van der Waals surface area contributed by atoms with Crippen LogP contribution in [-0.4, -0.2) is 20.5 Å². The summed E-state index contributed by atoms with van der Waals surface area (Å²) >= 11 is 0.302. The molecule has 0 atom stereocenters. The van der Waals surface area contributed by atoms with Crippen molar-refractivity contribution in [2.75, 3.05) is 0 Å². The summed E-state index contributed by atoms with van der Waals surface area (Å²) in [6, 6.07) is 3.41. The molecule has 0 saturated heterocycles. The van der Waals surface area contributed by atoms with Gasteiger partial charge >= 0.3 is 5.97 Å². The van der Waals surface area contributed by atoms with Gasteiger partial charge in [-0.05, 0) is 12.1 Å². The molecule has 0 heterocycles. The lowest BCUT2D eigenvalue weighted by Crippen LogP contribution is -1.96. The van der Waals surface area contributed by atoms with Gasteiger partial charge in [-0.15, -0.1) is 0 Å². The van der Waals surface area contributed by atoms with Crippen molar-refractivity contribution >= 4 is 17.9 Å². The van der Waals surface area contributed by atoms with Crippen LogP contribution < -0.4 is 0 Å². The van der Waals surface area contributed by atoms with Gasteiger partial charge in [0.25, 0.3) is 11.9 Å². The fourth-order valence-corrected chi connectivity index (χ4v) is 1.30. The molecule has 2 N–H and O–H groups in total. The van der Waals surface area contributed by atoms with Crippen LogP contribution in [0.1, 0.15) is 10.4 Å². The molecule has 0 aliphatic heterocycles. The van der Waals surface area contributed by atoms with Crippen molar-refractivity contribution < 1.29 is 19.3 Å². The molecule has 0 fully saturated rings. The number of aromatic carboxylic acids is 1. The molecule has 0 aromatic heterocycles. The average Bonchev–Trinajstić information content (AvgIpc) is 2.01. The minimum Gasteiger partial charge on any atom is -0.507 e. The molecule has 0 spiro atoms. The number of phenols is 1. The van der Waals surface area contributed by atoms with Crippen molar-refractivity contribution in [2.45, 2.75) is 4.90 Å². The lowest BCUT2D eigenvalue weighted by Gasteiger charge is -1.98. The normalized spacial score (nSPS) is 9.71. The molecule has 6 nitrogen and oxygen atoms in total. The van der Waals surface area contributed by atoms with E-state index >= 15 is 0 Å². The molecule has 0 aliphatic carbocycles. The maximum absolute atomic E-state index is 10.5. The van der Waals surface area contributed by atoms with Gasteiger partial charge in [0, 0.05) is 6.07 Å². The van der Waals surface area contributed by atoms with Crippen LogP contribution in [0.15, 0.2) is 23.1 Å². The fourth-order valence-electron chi connectivity index (χ4n) is 0.835. The van der Waals surface area contributed by atoms with Crippen molar-refractivity contribution in [3.63, 3.8) is 0 Å². The Labute approximate surface area is 82.5 Å². The van der Waals surface area contributed by atoms with Crippen LogP contribution in [0, 0.1) is 10.1 Å². The van der Waals surface area contributed by atoms with Crippen molar-refractivity contribution in [2.24, 2.45) is 0 Å². The molecule has 0 radical (unpaired) electrons. The summed E-state index contributed by atoms with van der Waals surface area (Å²) in [5.41, 5.74) is -0.280. The molecule has 1 aromatic rings. The van der Waals surface area contributed by atoms with Crippen LogP contribution >= 0.6 is 11.9 Å². The first-order chi connectivity index (χ1) is 6.50. The number of carboxylic acids is 1. The van der Waals surface area contributed by atoms with E-state index in [-0.39, 0.29) is 10.5 Å². The van der Waals surface area contributed by atoms with Crippen LogP contribution in [-0.2, 0) is 0 Å². The number of rotatable bonds is 3. The highest BCUT2D eigenvalue weighted by atomic mass is 32.2. The van der Waals surface area contributed by atoms with Gasteiger partial charge in [0.1, 0.15) is 15.6 Å². The fraction of sp³-hybridized carbons (Fsp3) is 0. The second kappa shape index (κ2) is 3.97. The quantitative estimate of drug-likeness (QED) is 0.448. The molecule has 0 amide bonds. The van der Waals surface area contributed by atoms with E-state index in [1.54, 1.807) is 0 Å². The zero-order valence-corrected chi connectivity index (χ0v) is 7.52. The zero-order chi connectivity index (χ0) is 10.7. The van der Waals surface area contributed by atoms with Crippen LogP contribution in [0.25, 0.3) is 0 Å². The van der Waals surface area contributed by atoms with Gasteiger partial charge in [-0.25, -0.2) is 4.79 Å². The highest BCUT2D eigenvalue weighted by Gasteiger charge is 2.12. The first kappa shape index (κ1) is 10.3. The van der Waals surface area contributed by atoms with E-state index in [2.05, 4.69) is 0 Å². The summed E-state index contributed by atoms with van der Waals surface area (Å²) in [6.45, 7) is 0. The number of nitrogens with zero attached hydrogens (tertiary/aromatic N) is 1. The van der Waals surface area contributed by atoms with Gasteiger partial charge in [-0.2, -0.15) is 0 Å². The van der Waals surface area contributed by atoms with E-state index < -0.39 is 16.0 Å². The molecular formula is C7H5NO5S. The summed E-state index contributed by atoms with van der Waals surface area (Å²) in [6.07, 6.45) is 0. The number of benzene rings is 1. The molecule has 74 valence electrons. The predicted octanol–water partition coefficient (Wildman–Crippen LogP) is 1.37. The Morgan fingerprint density at radius 3 is 2.57 bits per heavy atom. The van der Waals surface area contributed by atoms with Crippen LogP contribution in [0.2, 0.25) is 0 Å². The second-order valence-corrected chi connectivity index (χ2v) is 3.25. The second-order valence-electron chi connectivity index (χ2n) is 2.30. The third kappa shape index (κ3) is 2.36. The van der Waals surface area contributed by atoms with Crippen LogP contribution in [0.5, 0.6) is 5.75 Å². The lowest BCUT2D eigenvalue weighted by molar-refractivity contribution is -0.284. The maximum atomic E-state index is 10.5. The highest BCUT2D eigenvalue weighted by molar-refractivity contribution is 7.93. The van der Waals surface area contributed by atoms with E-state index in [1.807, 2.05) is 0 Å². The van der Waals surface area contributed by atoms with Crippen molar-refractivity contribution in [1.82, 2.24) is 0 Å². The van der Waals surface area contributed by atoms with Crippen molar-refractivity contribution in [1.29, 1.82) is 0 Å². The topological polar surface area (TPSA) is 101 Å². The molecule has 1 aromatic carbocycles. The van der Waals surface area contributed by atoms with Gasteiger partial charge in [-0.3, -0.25) is 10.1 Å². The number of carbonyl (C=O) groups is 1. The van der Waals surface area contributed by atoms with Gasteiger partial charge < -0.3 is 10.2 Å². The predicted molar refractivity (Wildman–Crippen MR) is 47.9 cm³/mol. The SMILES string of the molecule is O=C(O)c1ccc(S[N+](=O)[O-])cc1O. The number of hydrogen-bond acceptors (Lipinski definition) is 5. The van der Waals surface area contributed by atoms with E-state index in [9.17, 15) is 14.9 Å². The summed E-state index contributed by atoms with van der Waals surface area (Å²) in [7, 11) is 0. The summed E-state index contributed by atoms with van der Waals surface area (Å²) in [4.78, 5) is 20.7. The molecule has 0 aliphatic rings. The van der Waals surface area contributed by atoms with Crippen molar-refractivity contribution in [3.05, 3.63) is 33.9 Å². The molecule has 0 unspecified atom stereocenters. The Balaban J connectivity index is 3.00. The molecule has 14 heavy (non-hydrogen) atoms. The first-order valence-corrected chi connectivity index (χ1v) is 4.16. The van der Waals surface area contributed by atoms with E-state index in [0.29, 0.717) is 11.9 Å². The lowest BCUT2D eigenvalue weighted by atomic mass is 10.2. The Morgan fingerprint density at radius 1 is 1.50 bits per heavy atom. The van der Waals surface area contributed by atoms with Gasteiger partial charge in [0.05, 0.1) is 4.90 Å². The smallest absolute Gasteiger partial charge is 0.339 e. The van der Waals surface area contributed by atoms with Gasteiger partial charge in [0.15, 0.2) is 0 Å². The van der Waals surface area contributed by atoms with Gasteiger partial charge in [0.2, 0.25) is 0 Å². The number of hydrogen-bond donors (Lipinski definition) is 2. The van der Waals surface area contributed by atoms with E-state index in [4.69, 9.17) is 10.2 Å². The Kier molecular flexibility index (Phi) is 2.92. The molecule has 0 saturated carbocycles. The number of aromatic hydroxyl groups is 1. The van der Waals surface area contributed by atoms with Crippen molar-refractivity contribution in [3.8, 4) is 5.75 Å². The monoisotopic (exact) mass is 215 g/mol. The zero-order valence-electron chi connectivity index (χ0n) is 6.71. The summed E-state index contributed by atoms with van der Waals surface area (Å²) in [5, 5.41) is 27.8. The van der Waals surface area contributed by atoms with Crippen LogP contribution in [0.3, 0.4) is 0 Å². The minimum atomic E-state index is -1.28. The largest absolute Gasteiger partial charge is 0.507 e. The minimum absolute atomic E-state index is 0.178. The van der Waals surface area contributed by atoms with E-state index in [0.717, 1.165) is 12.1 Å². The number of carboxylic acid groups (broad SMARTS) is 1. The van der Waals surface area contributed by atoms with E-state index in [1.165, 1.54) is 6.07 Å². The highest BCUT2D eigenvalue weighted by Crippen LogP contribution is 2.25. The first-order valence-electron chi connectivity index (χ1n) is 3.39. The molecular weight excluding hydrogens is 210 g/mol. The standard InChI is InChI=1S/C7H5NO5S/c9-6-3-4(14-8(12)13)1-2-5(6)7(10)11/h1-3,9H,(H,10,11). The molecule has 1 rings (SSSR count).